The molecule has 0 saturated carbocycles. The number of carbonyl (C=O) groups is 1. The summed E-state index contributed by atoms with van der Waals surface area (Å²) in [6.45, 7) is 5.26. The van der Waals surface area contributed by atoms with Gasteiger partial charge in [0.05, 0.1) is 28.7 Å². The van der Waals surface area contributed by atoms with Crippen molar-refractivity contribution in [3.05, 3.63) is 52.7 Å². The van der Waals surface area contributed by atoms with Crippen molar-refractivity contribution in [1.82, 2.24) is 29.7 Å². The van der Waals surface area contributed by atoms with Gasteiger partial charge in [-0.2, -0.15) is 0 Å². The minimum atomic E-state index is -0.0243. The van der Waals surface area contributed by atoms with Gasteiger partial charge in [0.2, 0.25) is 0 Å². The third-order valence-corrected chi connectivity index (χ3v) is 5.65. The summed E-state index contributed by atoms with van der Waals surface area (Å²) in [5, 5.41) is 0. The van der Waals surface area contributed by atoms with Gasteiger partial charge in [-0.05, 0) is 40.4 Å². The second-order valence-electron chi connectivity index (χ2n) is 8.02. The highest BCUT2D eigenvalue weighted by molar-refractivity contribution is 5.94. The molecule has 1 amide bonds. The molecule has 4 heterocycles. The number of carbonyl (C=O) groups excluding carboxylic acids is 1. The van der Waals surface area contributed by atoms with Crippen molar-refractivity contribution in [1.29, 1.82) is 0 Å². The van der Waals surface area contributed by atoms with Gasteiger partial charge in [-0.3, -0.25) is 9.78 Å². The second kappa shape index (κ2) is 8.28. The number of nitrogens with two attached hydrogens (primary N) is 1. The highest BCUT2D eigenvalue weighted by Crippen LogP contribution is 2.20. The number of nitrogens with zero attached hydrogens (tertiary/aromatic N) is 6. The van der Waals surface area contributed by atoms with E-state index in [1.54, 1.807) is 24.7 Å². The number of fused-ring (bicyclic) bond motifs is 1. The van der Waals surface area contributed by atoms with Crippen LogP contribution >= 0.6 is 0 Å². The molecule has 0 unspecified atom stereocenters. The lowest BCUT2D eigenvalue weighted by molar-refractivity contribution is 0.0782. The molecule has 1 saturated heterocycles. The number of aromatic nitrogens is 4. The molecule has 0 aliphatic carbocycles. The minimum Gasteiger partial charge on any atom is -0.383 e. The van der Waals surface area contributed by atoms with Crippen molar-refractivity contribution in [2.75, 3.05) is 32.9 Å². The van der Waals surface area contributed by atoms with Gasteiger partial charge in [0.25, 0.3) is 5.91 Å². The molecule has 8 nitrogen and oxygen atoms in total. The van der Waals surface area contributed by atoms with Crippen LogP contribution in [-0.4, -0.2) is 68.9 Å². The number of anilines is 1. The zero-order valence-corrected chi connectivity index (χ0v) is 18.2. The van der Waals surface area contributed by atoms with Gasteiger partial charge >= 0.3 is 0 Å². The Morgan fingerprint density at radius 2 is 1.94 bits per heavy atom. The molecule has 0 aromatic carbocycles. The molecule has 8 heteroatoms. The largest absolute Gasteiger partial charge is 0.383 e. The molecule has 0 bridgehead atoms. The molecule has 158 valence electrons. The Balaban J connectivity index is 1.64. The average molecular weight is 416 g/mol. The summed E-state index contributed by atoms with van der Waals surface area (Å²) in [5.41, 5.74) is 10.7. The molecule has 0 radical (unpaired) electrons. The molecule has 4 rings (SSSR count). The molecule has 3 aromatic rings. The number of nitrogen functional groups attached to an aromatic ring is 1. The number of pyridine rings is 2. The lowest BCUT2D eigenvalue weighted by Crippen LogP contribution is -2.34. The Morgan fingerprint density at radius 1 is 1.16 bits per heavy atom. The van der Waals surface area contributed by atoms with Gasteiger partial charge in [-0.15, -0.1) is 0 Å². The van der Waals surface area contributed by atoms with Crippen LogP contribution in [0.15, 0.2) is 24.7 Å². The monoisotopic (exact) mass is 415 g/mol. The van der Waals surface area contributed by atoms with Crippen LogP contribution in [0.2, 0.25) is 0 Å². The maximum Gasteiger partial charge on any atom is 0.255 e. The summed E-state index contributed by atoms with van der Waals surface area (Å²) < 4.78 is 0. The van der Waals surface area contributed by atoms with E-state index in [4.69, 9.17) is 5.73 Å². The smallest absolute Gasteiger partial charge is 0.255 e. The van der Waals surface area contributed by atoms with Crippen LogP contribution < -0.4 is 5.73 Å². The van der Waals surface area contributed by atoms with E-state index in [2.05, 4.69) is 36.7 Å². The molecule has 3 aromatic heterocycles. The zero-order chi connectivity index (χ0) is 22.1. The fourth-order valence-electron chi connectivity index (χ4n) is 3.62. The van der Waals surface area contributed by atoms with Crippen molar-refractivity contribution in [3.8, 4) is 11.8 Å². The van der Waals surface area contributed by atoms with E-state index < -0.39 is 0 Å². The highest BCUT2D eigenvalue weighted by Gasteiger charge is 2.28. The van der Waals surface area contributed by atoms with E-state index in [9.17, 15) is 4.79 Å². The van der Waals surface area contributed by atoms with Gasteiger partial charge in [0.1, 0.15) is 16.9 Å². The van der Waals surface area contributed by atoms with Crippen LogP contribution in [0.3, 0.4) is 0 Å². The maximum atomic E-state index is 12.9. The van der Waals surface area contributed by atoms with Crippen LogP contribution in [0.5, 0.6) is 0 Å². The van der Waals surface area contributed by atoms with Crippen LogP contribution in [0.25, 0.3) is 11.0 Å². The molecule has 1 fully saturated rings. The van der Waals surface area contributed by atoms with E-state index in [1.165, 1.54) is 0 Å². The Kier molecular flexibility index (Phi) is 5.53. The number of hydrogen-bond donors (Lipinski definition) is 1. The second-order valence-corrected chi connectivity index (χ2v) is 8.02. The van der Waals surface area contributed by atoms with Gasteiger partial charge in [0, 0.05) is 37.1 Å². The number of aryl methyl sites for hydroxylation is 2. The van der Waals surface area contributed by atoms with Crippen molar-refractivity contribution in [3.63, 3.8) is 0 Å². The first-order valence-corrected chi connectivity index (χ1v) is 10.2. The fourth-order valence-corrected chi connectivity index (χ4v) is 3.62. The Bertz CT molecular complexity index is 1230. The van der Waals surface area contributed by atoms with Crippen molar-refractivity contribution >= 4 is 22.8 Å². The van der Waals surface area contributed by atoms with Crippen molar-refractivity contribution in [2.45, 2.75) is 26.3 Å². The van der Waals surface area contributed by atoms with Crippen LogP contribution in [-0.2, 0) is 0 Å². The maximum absolute atomic E-state index is 12.9. The number of likely N-dealkylation sites (N-methyl/N-ethyl adjacent to an activating group) is 1. The first kappa shape index (κ1) is 20.7. The molecule has 1 aliphatic rings. The van der Waals surface area contributed by atoms with Gasteiger partial charge in [-0.25, -0.2) is 15.0 Å². The Labute approximate surface area is 181 Å². The van der Waals surface area contributed by atoms with Crippen LogP contribution in [0, 0.1) is 25.7 Å². The lowest BCUT2D eigenvalue weighted by atomic mass is 10.1. The molecule has 31 heavy (non-hydrogen) atoms. The van der Waals surface area contributed by atoms with Gasteiger partial charge in [-0.1, -0.05) is 11.8 Å². The van der Waals surface area contributed by atoms with E-state index in [0.29, 0.717) is 39.6 Å². The van der Waals surface area contributed by atoms with E-state index in [0.717, 1.165) is 30.9 Å². The zero-order valence-electron chi connectivity index (χ0n) is 18.2. The summed E-state index contributed by atoms with van der Waals surface area (Å²) in [4.78, 5) is 34.5. The number of likely N-dealkylation sites (tertiary alicyclic amines) is 1. The van der Waals surface area contributed by atoms with E-state index in [1.807, 2.05) is 32.8 Å². The van der Waals surface area contributed by atoms with Crippen LogP contribution in [0.1, 0.15) is 39.3 Å². The summed E-state index contributed by atoms with van der Waals surface area (Å²) in [6, 6.07) is 2.15. The lowest BCUT2D eigenvalue weighted by Gasteiger charge is -2.20. The Morgan fingerprint density at radius 3 is 2.68 bits per heavy atom. The quantitative estimate of drug-likeness (QED) is 0.637. The number of rotatable bonds is 2. The normalized spacial score (nSPS) is 15.9. The number of amides is 1. The van der Waals surface area contributed by atoms with Crippen LogP contribution in [0.4, 0.5) is 5.82 Å². The molecule has 2 N–H and O–H groups in total. The fraction of sp³-hybridized carbons (Fsp3) is 0.348. The summed E-state index contributed by atoms with van der Waals surface area (Å²) >= 11 is 0. The molecular formula is C23H25N7O. The molecular weight excluding hydrogens is 390 g/mol. The SMILES string of the molecule is Cc1nc2cnc(N)c(C#Cc3cncc(C(=O)N4CC[C@H](N(C)C)C4)c3)c2nc1C. The average Bonchev–Trinajstić information content (AvgIpc) is 3.25. The molecule has 1 aliphatic heterocycles. The third kappa shape index (κ3) is 4.18. The molecule has 0 spiro atoms. The Hall–Kier alpha value is -3.57. The summed E-state index contributed by atoms with van der Waals surface area (Å²) in [5.74, 6) is 6.40. The van der Waals surface area contributed by atoms with E-state index >= 15 is 0 Å². The summed E-state index contributed by atoms with van der Waals surface area (Å²) in [6.07, 6.45) is 5.79. The predicted molar refractivity (Wildman–Crippen MR) is 119 cm³/mol. The standard InChI is InChI=1S/C23H25N7O/c1-14-15(2)28-21-19(22(24)26-12-20(21)27-14)6-5-16-9-17(11-25-10-16)23(31)30-8-7-18(13-30)29(3)4/h9-12,18H,7-8,13H2,1-4H3,(H2,24,26)/t18-/m0/s1. The first-order chi connectivity index (χ1) is 14.8. The number of hydrogen-bond acceptors (Lipinski definition) is 7. The van der Waals surface area contributed by atoms with Gasteiger partial charge < -0.3 is 15.5 Å². The first-order valence-electron chi connectivity index (χ1n) is 10.2. The predicted octanol–water partition coefficient (Wildman–Crippen LogP) is 1.79. The van der Waals surface area contributed by atoms with Crippen molar-refractivity contribution < 1.29 is 4.79 Å². The highest BCUT2D eigenvalue weighted by atomic mass is 16.2. The van der Waals surface area contributed by atoms with Crippen molar-refractivity contribution in [2.24, 2.45) is 0 Å². The summed E-state index contributed by atoms with van der Waals surface area (Å²) in [7, 11) is 4.08. The van der Waals surface area contributed by atoms with E-state index in [-0.39, 0.29) is 5.91 Å². The topological polar surface area (TPSA) is 101 Å². The van der Waals surface area contributed by atoms with Gasteiger partial charge in [0.15, 0.2) is 0 Å². The third-order valence-electron chi connectivity index (χ3n) is 5.65. The molecule has 1 atom stereocenters. The minimum absolute atomic E-state index is 0.0243.